The van der Waals surface area contributed by atoms with Crippen LogP contribution in [-0.4, -0.2) is 33.3 Å². The molecule has 1 aliphatic rings. The Morgan fingerprint density at radius 3 is 2.95 bits per heavy atom. The molecular formula is C14H18N4O. The highest BCUT2D eigenvalue weighted by Gasteiger charge is 2.17. The fraction of sp³-hybridized carbons (Fsp3) is 0.429. The maximum Gasteiger partial charge on any atom is 0.212 e. The van der Waals surface area contributed by atoms with Crippen molar-refractivity contribution in [3.63, 3.8) is 0 Å². The van der Waals surface area contributed by atoms with E-state index in [2.05, 4.69) is 31.8 Å². The van der Waals surface area contributed by atoms with Crippen LogP contribution in [0.2, 0.25) is 0 Å². The van der Waals surface area contributed by atoms with Gasteiger partial charge in [0, 0.05) is 31.9 Å². The summed E-state index contributed by atoms with van der Waals surface area (Å²) >= 11 is 0. The predicted molar refractivity (Wildman–Crippen MR) is 71.9 cm³/mol. The lowest BCUT2D eigenvalue weighted by molar-refractivity contribution is 0.205. The van der Waals surface area contributed by atoms with Crippen LogP contribution in [0.3, 0.4) is 0 Å². The standard InChI is InChI=1S/C14H18N4O/c1-11-7-13-10-17(5-6-18(13)16-11)9-12-3-4-14(19-2)15-8-12/h3-4,7-8H,5-6,9-10H2,1-2H3. The van der Waals surface area contributed by atoms with Gasteiger partial charge < -0.3 is 4.74 Å². The summed E-state index contributed by atoms with van der Waals surface area (Å²) < 4.78 is 7.18. The maximum absolute atomic E-state index is 5.07. The van der Waals surface area contributed by atoms with Crippen LogP contribution >= 0.6 is 0 Å². The van der Waals surface area contributed by atoms with Crippen LogP contribution in [0.1, 0.15) is 17.0 Å². The first-order valence-corrected chi connectivity index (χ1v) is 6.49. The van der Waals surface area contributed by atoms with Crippen molar-refractivity contribution in [2.75, 3.05) is 13.7 Å². The molecule has 5 heteroatoms. The Hall–Kier alpha value is -1.88. The van der Waals surface area contributed by atoms with Crippen molar-refractivity contribution in [2.45, 2.75) is 26.6 Å². The molecule has 0 aromatic carbocycles. The van der Waals surface area contributed by atoms with Crippen LogP contribution in [-0.2, 0) is 19.6 Å². The smallest absolute Gasteiger partial charge is 0.212 e. The van der Waals surface area contributed by atoms with Crippen LogP contribution in [0.25, 0.3) is 0 Å². The summed E-state index contributed by atoms with van der Waals surface area (Å²) in [6.45, 7) is 5.91. The minimum atomic E-state index is 0.663. The summed E-state index contributed by atoms with van der Waals surface area (Å²) in [5.41, 5.74) is 3.61. The molecule has 1 aliphatic heterocycles. The third-order valence-corrected chi connectivity index (χ3v) is 3.41. The van der Waals surface area contributed by atoms with E-state index in [1.54, 1.807) is 7.11 Å². The number of methoxy groups -OCH3 is 1. The largest absolute Gasteiger partial charge is 0.481 e. The fourth-order valence-electron chi connectivity index (χ4n) is 2.48. The number of hydrogen-bond donors (Lipinski definition) is 0. The Balaban J connectivity index is 1.68. The topological polar surface area (TPSA) is 43.2 Å². The molecule has 3 rings (SSSR count). The first-order valence-electron chi connectivity index (χ1n) is 6.49. The molecule has 0 N–H and O–H groups in total. The van der Waals surface area contributed by atoms with E-state index in [4.69, 9.17) is 4.74 Å². The third kappa shape index (κ3) is 2.61. The second-order valence-electron chi connectivity index (χ2n) is 4.92. The summed E-state index contributed by atoms with van der Waals surface area (Å²) in [4.78, 5) is 6.66. The van der Waals surface area contributed by atoms with Gasteiger partial charge in [0.05, 0.1) is 25.0 Å². The molecule has 5 nitrogen and oxygen atoms in total. The molecule has 0 saturated carbocycles. The van der Waals surface area contributed by atoms with Crippen molar-refractivity contribution in [2.24, 2.45) is 0 Å². The molecule has 3 heterocycles. The van der Waals surface area contributed by atoms with E-state index in [0.717, 1.165) is 31.9 Å². The Kier molecular flexibility index (Phi) is 3.21. The normalized spacial score (nSPS) is 15.3. The van der Waals surface area contributed by atoms with Gasteiger partial charge in [-0.25, -0.2) is 4.98 Å². The summed E-state index contributed by atoms with van der Waals surface area (Å²) in [6, 6.07) is 6.15. The van der Waals surface area contributed by atoms with Crippen molar-refractivity contribution in [1.29, 1.82) is 0 Å². The molecule has 0 radical (unpaired) electrons. The monoisotopic (exact) mass is 258 g/mol. The van der Waals surface area contributed by atoms with Gasteiger partial charge in [-0.3, -0.25) is 9.58 Å². The van der Waals surface area contributed by atoms with Gasteiger partial charge in [-0.15, -0.1) is 0 Å². The van der Waals surface area contributed by atoms with E-state index in [9.17, 15) is 0 Å². The van der Waals surface area contributed by atoms with Gasteiger partial charge in [-0.1, -0.05) is 6.07 Å². The van der Waals surface area contributed by atoms with E-state index in [0.29, 0.717) is 5.88 Å². The van der Waals surface area contributed by atoms with Crippen LogP contribution in [0, 0.1) is 6.92 Å². The number of nitrogens with zero attached hydrogens (tertiary/aromatic N) is 4. The van der Waals surface area contributed by atoms with E-state index >= 15 is 0 Å². The highest BCUT2D eigenvalue weighted by atomic mass is 16.5. The maximum atomic E-state index is 5.07. The number of fused-ring (bicyclic) bond motifs is 1. The van der Waals surface area contributed by atoms with Gasteiger partial charge in [-0.05, 0) is 18.6 Å². The number of pyridine rings is 1. The summed E-state index contributed by atoms with van der Waals surface area (Å²) in [7, 11) is 1.64. The molecule has 100 valence electrons. The van der Waals surface area contributed by atoms with Crippen molar-refractivity contribution in [3.05, 3.63) is 41.3 Å². The van der Waals surface area contributed by atoms with Gasteiger partial charge in [0.25, 0.3) is 0 Å². The molecular weight excluding hydrogens is 240 g/mol. The number of rotatable bonds is 3. The predicted octanol–water partition coefficient (Wildman–Crippen LogP) is 1.61. The van der Waals surface area contributed by atoms with Gasteiger partial charge in [0.15, 0.2) is 0 Å². The molecule has 0 bridgehead atoms. The average molecular weight is 258 g/mol. The van der Waals surface area contributed by atoms with E-state index in [1.165, 1.54) is 11.3 Å². The molecule has 2 aromatic heterocycles. The Morgan fingerprint density at radius 2 is 2.21 bits per heavy atom. The highest BCUT2D eigenvalue weighted by Crippen LogP contribution is 2.16. The lowest BCUT2D eigenvalue weighted by atomic mass is 10.2. The van der Waals surface area contributed by atoms with Crippen LogP contribution in [0.15, 0.2) is 24.4 Å². The molecule has 0 spiro atoms. The average Bonchev–Trinajstić information content (AvgIpc) is 2.79. The minimum absolute atomic E-state index is 0.663. The second kappa shape index (κ2) is 5.01. The quantitative estimate of drug-likeness (QED) is 0.839. The van der Waals surface area contributed by atoms with E-state index < -0.39 is 0 Å². The molecule has 2 aromatic rings. The number of ether oxygens (including phenoxy) is 1. The summed E-state index contributed by atoms with van der Waals surface area (Å²) in [5.74, 6) is 0.663. The Morgan fingerprint density at radius 1 is 1.32 bits per heavy atom. The number of aryl methyl sites for hydroxylation is 1. The van der Waals surface area contributed by atoms with Crippen molar-refractivity contribution >= 4 is 0 Å². The molecule has 0 saturated heterocycles. The van der Waals surface area contributed by atoms with Gasteiger partial charge >= 0.3 is 0 Å². The van der Waals surface area contributed by atoms with Crippen molar-refractivity contribution < 1.29 is 4.74 Å². The molecule has 19 heavy (non-hydrogen) atoms. The lowest BCUT2D eigenvalue weighted by Crippen LogP contribution is -2.33. The zero-order chi connectivity index (χ0) is 13.2. The Labute approximate surface area is 112 Å². The molecule has 0 atom stereocenters. The SMILES string of the molecule is COc1ccc(CN2CCn3nc(C)cc3C2)cn1. The summed E-state index contributed by atoms with van der Waals surface area (Å²) in [5, 5.41) is 4.48. The molecule has 0 aliphatic carbocycles. The van der Waals surface area contributed by atoms with Crippen LogP contribution in [0.5, 0.6) is 5.88 Å². The molecule has 0 fully saturated rings. The highest BCUT2D eigenvalue weighted by molar-refractivity contribution is 5.18. The zero-order valence-corrected chi connectivity index (χ0v) is 11.3. The number of aromatic nitrogens is 3. The summed E-state index contributed by atoms with van der Waals surface area (Å²) in [6.07, 6.45) is 1.88. The Bertz CT molecular complexity index is 561. The third-order valence-electron chi connectivity index (χ3n) is 3.41. The fourth-order valence-corrected chi connectivity index (χ4v) is 2.48. The van der Waals surface area contributed by atoms with Crippen molar-refractivity contribution in [3.8, 4) is 5.88 Å². The lowest BCUT2D eigenvalue weighted by Gasteiger charge is -2.27. The molecule has 0 unspecified atom stereocenters. The first kappa shape index (κ1) is 12.2. The van der Waals surface area contributed by atoms with E-state index in [1.807, 2.05) is 19.2 Å². The van der Waals surface area contributed by atoms with Crippen molar-refractivity contribution in [1.82, 2.24) is 19.7 Å². The van der Waals surface area contributed by atoms with Gasteiger partial charge in [-0.2, -0.15) is 5.10 Å². The number of hydrogen-bond acceptors (Lipinski definition) is 4. The minimum Gasteiger partial charge on any atom is -0.481 e. The van der Waals surface area contributed by atoms with Gasteiger partial charge in [0.1, 0.15) is 0 Å². The second-order valence-corrected chi connectivity index (χ2v) is 4.92. The van der Waals surface area contributed by atoms with E-state index in [-0.39, 0.29) is 0 Å². The molecule has 0 amide bonds. The van der Waals surface area contributed by atoms with Crippen LogP contribution in [0.4, 0.5) is 0 Å². The van der Waals surface area contributed by atoms with Crippen LogP contribution < -0.4 is 4.74 Å². The first-order chi connectivity index (χ1) is 9.24. The van der Waals surface area contributed by atoms with Gasteiger partial charge in [0.2, 0.25) is 5.88 Å². The zero-order valence-electron chi connectivity index (χ0n) is 11.3.